The highest BCUT2D eigenvalue weighted by atomic mass is 19.4. The van der Waals surface area contributed by atoms with Crippen LogP contribution in [0.1, 0.15) is 31.0 Å². The summed E-state index contributed by atoms with van der Waals surface area (Å²) in [5.74, 6) is 0.214. The van der Waals surface area contributed by atoms with E-state index >= 15 is 0 Å². The molecule has 0 unspecified atom stereocenters. The smallest absolute Gasteiger partial charge is 0.379 e. The van der Waals surface area contributed by atoms with E-state index in [1.807, 2.05) is 23.0 Å². The minimum atomic E-state index is -4.49. The van der Waals surface area contributed by atoms with E-state index in [0.717, 1.165) is 79.4 Å². The first-order chi connectivity index (χ1) is 19.2. The van der Waals surface area contributed by atoms with Gasteiger partial charge in [0.15, 0.2) is 5.65 Å². The average molecular weight is 553 g/mol. The summed E-state index contributed by atoms with van der Waals surface area (Å²) in [6.07, 6.45) is -2.65. The molecule has 0 saturated carbocycles. The normalized spacial score (nSPS) is 14.6. The second kappa shape index (κ2) is 11.6. The quantitative estimate of drug-likeness (QED) is 0.285. The van der Waals surface area contributed by atoms with E-state index in [1.165, 1.54) is 12.1 Å². The Kier molecular flexibility index (Phi) is 8.04. The van der Waals surface area contributed by atoms with Gasteiger partial charge in [0.05, 0.1) is 31.5 Å². The third-order valence-electron chi connectivity index (χ3n) is 6.85. The van der Waals surface area contributed by atoms with E-state index in [0.29, 0.717) is 5.69 Å². The number of ether oxygens (including phenoxy) is 1. The summed E-state index contributed by atoms with van der Waals surface area (Å²) in [5.41, 5.74) is 3.44. The lowest BCUT2D eigenvalue weighted by molar-refractivity contribution is -0.137. The zero-order valence-corrected chi connectivity index (χ0v) is 22.3. The molecule has 1 aliphatic rings. The topological polar surface area (TPSA) is 84.3 Å². The van der Waals surface area contributed by atoms with Crippen molar-refractivity contribution in [2.45, 2.75) is 32.5 Å². The Bertz CT molecular complexity index is 1480. The largest absolute Gasteiger partial charge is 0.416 e. The monoisotopic (exact) mass is 552 g/mol. The summed E-state index contributed by atoms with van der Waals surface area (Å²) in [6, 6.07) is 13.2. The summed E-state index contributed by atoms with van der Waals surface area (Å²) in [6.45, 7) is 9.11. The van der Waals surface area contributed by atoms with E-state index in [-0.39, 0.29) is 11.6 Å². The third kappa shape index (κ3) is 6.43. The summed E-state index contributed by atoms with van der Waals surface area (Å²) in [4.78, 5) is 19.7. The molecule has 1 fully saturated rings. The Morgan fingerprint density at radius 1 is 1.00 bits per heavy atom. The van der Waals surface area contributed by atoms with E-state index < -0.39 is 17.8 Å². The van der Waals surface area contributed by atoms with Crippen molar-refractivity contribution in [3.8, 4) is 11.1 Å². The van der Waals surface area contributed by atoms with Crippen molar-refractivity contribution >= 4 is 28.4 Å². The van der Waals surface area contributed by atoms with Crippen LogP contribution in [-0.2, 0) is 17.5 Å². The number of carbonyl (C=O) groups is 1. The van der Waals surface area contributed by atoms with Gasteiger partial charge < -0.3 is 15.4 Å². The molecule has 0 bridgehead atoms. The van der Waals surface area contributed by atoms with Gasteiger partial charge in [-0.2, -0.15) is 18.3 Å². The van der Waals surface area contributed by atoms with Crippen molar-refractivity contribution in [2.24, 2.45) is 0 Å². The zero-order valence-electron chi connectivity index (χ0n) is 22.3. The Balaban J connectivity index is 1.33. The van der Waals surface area contributed by atoms with Gasteiger partial charge in [-0.15, -0.1) is 0 Å². The molecule has 2 N–H and O–H groups in total. The van der Waals surface area contributed by atoms with Crippen LogP contribution >= 0.6 is 0 Å². The van der Waals surface area contributed by atoms with Crippen molar-refractivity contribution in [1.82, 2.24) is 19.7 Å². The van der Waals surface area contributed by atoms with Crippen molar-refractivity contribution in [2.75, 3.05) is 43.5 Å². The average Bonchev–Trinajstić information content (AvgIpc) is 3.35. The lowest BCUT2D eigenvalue weighted by Crippen LogP contribution is -2.38. The fraction of sp³-hybridized carbons (Fsp3) is 0.345. The van der Waals surface area contributed by atoms with Gasteiger partial charge in [0, 0.05) is 42.1 Å². The molecular formula is C29H31F3N6O2. The number of urea groups is 1. The molecule has 11 heteroatoms. The van der Waals surface area contributed by atoms with Crippen LogP contribution in [0.2, 0.25) is 0 Å². The molecule has 210 valence electrons. The highest BCUT2D eigenvalue weighted by Gasteiger charge is 2.30. The highest BCUT2D eigenvalue weighted by molar-refractivity contribution is 6.00. The Morgan fingerprint density at radius 3 is 2.42 bits per heavy atom. The number of alkyl halides is 3. The molecule has 0 spiro atoms. The summed E-state index contributed by atoms with van der Waals surface area (Å²) < 4.78 is 46.3. The van der Waals surface area contributed by atoms with Crippen LogP contribution in [0.5, 0.6) is 0 Å². The number of carbonyl (C=O) groups excluding carboxylic acids is 1. The van der Waals surface area contributed by atoms with Gasteiger partial charge in [-0.3, -0.25) is 4.90 Å². The molecule has 2 amide bonds. The minimum absolute atomic E-state index is 0.0509. The summed E-state index contributed by atoms with van der Waals surface area (Å²) >= 11 is 0. The van der Waals surface area contributed by atoms with Crippen molar-refractivity contribution in [3.05, 3.63) is 72.1 Å². The second-order valence-electron chi connectivity index (χ2n) is 10.0. The molecule has 0 atom stereocenters. The first-order valence-electron chi connectivity index (χ1n) is 13.2. The lowest BCUT2D eigenvalue weighted by Gasteiger charge is -2.26. The third-order valence-corrected chi connectivity index (χ3v) is 6.85. The van der Waals surface area contributed by atoms with Crippen LogP contribution in [0, 0.1) is 0 Å². The highest BCUT2D eigenvalue weighted by Crippen LogP contribution is 2.32. The lowest BCUT2D eigenvalue weighted by atomic mass is 9.99. The number of hydrogen-bond acceptors (Lipinski definition) is 5. The molecule has 1 aliphatic heterocycles. The predicted octanol–water partition coefficient (Wildman–Crippen LogP) is 6.22. The van der Waals surface area contributed by atoms with Gasteiger partial charge in [-0.25, -0.2) is 14.5 Å². The zero-order chi connectivity index (χ0) is 28.3. The second-order valence-corrected chi connectivity index (χ2v) is 10.0. The Hall–Kier alpha value is -3.96. The van der Waals surface area contributed by atoms with Crippen LogP contribution < -0.4 is 10.6 Å². The first-order valence-corrected chi connectivity index (χ1v) is 13.2. The number of aromatic nitrogens is 3. The molecule has 0 aliphatic carbocycles. The maximum absolute atomic E-state index is 13.0. The standard InChI is InChI=1S/C29H31F3N6O2/c1-19(2)26-17-24(25-18-33-38(27(25)36-26)11-10-37-12-14-40-15-13-37)20-6-8-22(9-7-20)34-28(39)35-23-5-3-4-21(16-23)29(30,31)32/h3-9,16-19H,10-15H2,1-2H3,(H2,34,35,39). The molecule has 40 heavy (non-hydrogen) atoms. The van der Waals surface area contributed by atoms with E-state index in [9.17, 15) is 18.0 Å². The number of halogens is 3. The molecule has 4 aromatic rings. The van der Waals surface area contributed by atoms with E-state index in [2.05, 4.69) is 40.5 Å². The van der Waals surface area contributed by atoms with Gasteiger partial charge in [-0.1, -0.05) is 32.0 Å². The molecule has 1 saturated heterocycles. The maximum atomic E-state index is 13.0. The van der Waals surface area contributed by atoms with Crippen LogP contribution in [0.3, 0.4) is 0 Å². The number of nitrogens with zero attached hydrogens (tertiary/aromatic N) is 4. The molecule has 2 aromatic carbocycles. The van der Waals surface area contributed by atoms with E-state index in [1.54, 1.807) is 12.1 Å². The molecule has 0 radical (unpaired) electrons. The predicted molar refractivity (Wildman–Crippen MR) is 148 cm³/mol. The van der Waals surface area contributed by atoms with Crippen LogP contribution in [0.4, 0.5) is 29.3 Å². The number of nitrogens with one attached hydrogen (secondary N) is 2. The van der Waals surface area contributed by atoms with Gasteiger partial charge in [0.25, 0.3) is 0 Å². The fourth-order valence-corrected chi connectivity index (χ4v) is 4.63. The molecule has 8 nitrogen and oxygen atoms in total. The number of pyridine rings is 1. The summed E-state index contributed by atoms with van der Waals surface area (Å²) in [7, 11) is 0. The SMILES string of the molecule is CC(C)c1cc(-c2ccc(NC(=O)Nc3cccc(C(F)(F)F)c3)cc2)c2cnn(CCN3CCOCC3)c2n1. The van der Waals surface area contributed by atoms with E-state index in [4.69, 9.17) is 9.72 Å². The number of benzene rings is 2. The van der Waals surface area contributed by atoms with Crippen LogP contribution in [-0.4, -0.2) is 58.5 Å². The van der Waals surface area contributed by atoms with Gasteiger partial charge in [0.2, 0.25) is 0 Å². The Morgan fingerprint density at radius 2 is 1.73 bits per heavy atom. The van der Waals surface area contributed by atoms with Crippen molar-refractivity contribution in [1.29, 1.82) is 0 Å². The number of fused-ring (bicyclic) bond motifs is 1. The number of rotatable bonds is 7. The first kappa shape index (κ1) is 27.6. The number of morpholine rings is 1. The van der Waals surface area contributed by atoms with Crippen molar-refractivity contribution < 1.29 is 22.7 Å². The molecule has 3 heterocycles. The minimum Gasteiger partial charge on any atom is -0.379 e. The number of anilines is 2. The van der Waals surface area contributed by atoms with Gasteiger partial charge in [0.1, 0.15) is 0 Å². The van der Waals surface area contributed by atoms with Crippen LogP contribution in [0.15, 0.2) is 60.8 Å². The van der Waals surface area contributed by atoms with Gasteiger partial charge in [-0.05, 0) is 53.4 Å². The summed E-state index contributed by atoms with van der Waals surface area (Å²) in [5, 5.41) is 10.7. The maximum Gasteiger partial charge on any atom is 0.416 e. The Labute approximate surface area is 230 Å². The molecule has 5 rings (SSSR count). The molecular weight excluding hydrogens is 521 g/mol. The number of amides is 2. The van der Waals surface area contributed by atoms with Crippen LogP contribution in [0.25, 0.3) is 22.2 Å². The molecule has 2 aromatic heterocycles. The van der Waals surface area contributed by atoms with Gasteiger partial charge >= 0.3 is 12.2 Å². The number of hydrogen-bond donors (Lipinski definition) is 2. The fourth-order valence-electron chi connectivity index (χ4n) is 4.63. The van der Waals surface area contributed by atoms with Crippen molar-refractivity contribution in [3.63, 3.8) is 0 Å².